The minimum Gasteiger partial charge on any atom is -0.457 e. The van der Waals surface area contributed by atoms with E-state index in [0.29, 0.717) is 23.5 Å². The highest BCUT2D eigenvalue weighted by atomic mass is 16.5. The molecule has 3 rings (SSSR count). The highest BCUT2D eigenvalue weighted by Gasteiger charge is 2.32. The van der Waals surface area contributed by atoms with Gasteiger partial charge in [-0.15, -0.1) is 0 Å². The summed E-state index contributed by atoms with van der Waals surface area (Å²) in [6.07, 6.45) is 0.554. The third-order valence-electron chi connectivity index (χ3n) is 4.06. The smallest absolute Gasteiger partial charge is 0.254 e. The molecule has 1 heterocycles. The van der Waals surface area contributed by atoms with Crippen LogP contribution in [0.4, 0.5) is 0 Å². The molecule has 128 valence electrons. The van der Waals surface area contributed by atoms with Gasteiger partial charge in [0.05, 0.1) is 0 Å². The van der Waals surface area contributed by atoms with Gasteiger partial charge in [-0.25, -0.2) is 0 Å². The Labute approximate surface area is 145 Å². The number of para-hydroxylation sites is 1. The van der Waals surface area contributed by atoms with Gasteiger partial charge in [0.15, 0.2) is 0 Å². The zero-order valence-electron chi connectivity index (χ0n) is 13.8. The fraction of sp³-hybridized carbons (Fsp3) is 0.211. The van der Waals surface area contributed by atoms with Crippen LogP contribution in [0.1, 0.15) is 23.2 Å². The van der Waals surface area contributed by atoms with Crippen molar-refractivity contribution in [3.8, 4) is 11.5 Å². The largest absolute Gasteiger partial charge is 0.457 e. The first-order valence-corrected chi connectivity index (χ1v) is 7.98. The number of amides is 3. The number of nitrogens with one attached hydrogen (secondary N) is 1. The predicted octanol–water partition coefficient (Wildman–Crippen LogP) is 2.36. The van der Waals surface area contributed by atoms with Gasteiger partial charge in [0.2, 0.25) is 11.8 Å². The van der Waals surface area contributed by atoms with Gasteiger partial charge in [-0.3, -0.25) is 19.7 Å². The second-order valence-corrected chi connectivity index (χ2v) is 5.83. The molecule has 1 N–H and O–H groups in total. The molecule has 0 aromatic heterocycles. The monoisotopic (exact) mass is 338 g/mol. The van der Waals surface area contributed by atoms with Crippen molar-refractivity contribution in [3.05, 3.63) is 60.2 Å². The molecule has 1 aliphatic rings. The first-order chi connectivity index (χ1) is 12.0. The lowest BCUT2D eigenvalue weighted by Gasteiger charge is -2.29. The Bertz CT molecular complexity index is 804. The van der Waals surface area contributed by atoms with E-state index in [2.05, 4.69) is 5.32 Å². The van der Waals surface area contributed by atoms with E-state index < -0.39 is 11.9 Å². The van der Waals surface area contributed by atoms with Crippen molar-refractivity contribution >= 4 is 17.7 Å². The summed E-state index contributed by atoms with van der Waals surface area (Å²) in [7, 11) is 1.56. The van der Waals surface area contributed by atoms with E-state index >= 15 is 0 Å². The quantitative estimate of drug-likeness (QED) is 0.869. The summed E-state index contributed by atoms with van der Waals surface area (Å²) in [6, 6.07) is 15.4. The van der Waals surface area contributed by atoms with Gasteiger partial charge in [0, 0.05) is 19.0 Å². The van der Waals surface area contributed by atoms with E-state index in [1.54, 1.807) is 31.3 Å². The van der Waals surface area contributed by atoms with Crippen LogP contribution in [0.25, 0.3) is 0 Å². The lowest BCUT2D eigenvalue weighted by molar-refractivity contribution is -0.136. The number of nitrogens with zero attached hydrogens (tertiary/aromatic N) is 1. The van der Waals surface area contributed by atoms with E-state index in [4.69, 9.17) is 4.74 Å². The van der Waals surface area contributed by atoms with Crippen molar-refractivity contribution in [2.24, 2.45) is 0 Å². The molecule has 3 amide bonds. The number of ether oxygens (including phenoxy) is 1. The molecule has 6 heteroatoms. The summed E-state index contributed by atoms with van der Waals surface area (Å²) < 4.78 is 5.73. The Kier molecular flexibility index (Phi) is 4.79. The third-order valence-corrected chi connectivity index (χ3v) is 4.06. The van der Waals surface area contributed by atoms with Crippen LogP contribution < -0.4 is 10.1 Å². The van der Waals surface area contributed by atoms with Crippen LogP contribution in [0, 0.1) is 0 Å². The maximum Gasteiger partial charge on any atom is 0.254 e. The lowest BCUT2D eigenvalue weighted by Crippen LogP contribution is -2.52. The molecular weight excluding hydrogens is 320 g/mol. The van der Waals surface area contributed by atoms with Crippen LogP contribution in [0.5, 0.6) is 11.5 Å². The number of imide groups is 1. The Hall–Kier alpha value is -3.15. The molecule has 1 saturated heterocycles. The van der Waals surface area contributed by atoms with Crippen molar-refractivity contribution in [3.63, 3.8) is 0 Å². The third kappa shape index (κ3) is 3.85. The van der Waals surface area contributed by atoms with Crippen molar-refractivity contribution in [2.75, 3.05) is 7.05 Å². The average molecular weight is 338 g/mol. The Morgan fingerprint density at radius 3 is 2.52 bits per heavy atom. The zero-order valence-corrected chi connectivity index (χ0v) is 13.8. The average Bonchev–Trinajstić information content (AvgIpc) is 2.62. The Balaban J connectivity index is 1.74. The maximum atomic E-state index is 12.7. The molecule has 0 aliphatic carbocycles. The van der Waals surface area contributed by atoms with Crippen LogP contribution in [0.3, 0.4) is 0 Å². The number of carbonyl (C=O) groups is 3. The summed E-state index contributed by atoms with van der Waals surface area (Å²) >= 11 is 0. The van der Waals surface area contributed by atoms with Gasteiger partial charge in [-0.05, 0) is 36.8 Å². The summed E-state index contributed by atoms with van der Waals surface area (Å²) in [5.41, 5.74) is 0.417. The van der Waals surface area contributed by atoms with Crippen LogP contribution in [0.15, 0.2) is 54.6 Å². The molecular formula is C19H18N2O4. The highest BCUT2D eigenvalue weighted by molar-refractivity contribution is 6.03. The predicted molar refractivity (Wildman–Crippen MR) is 91.2 cm³/mol. The number of likely N-dealkylation sites (N-methyl/N-ethyl adjacent to an activating group) is 1. The number of hydrogen-bond acceptors (Lipinski definition) is 4. The molecule has 2 aromatic rings. The summed E-state index contributed by atoms with van der Waals surface area (Å²) in [4.78, 5) is 37.2. The SMILES string of the molecule is CN(C(=O)c1cccc(Oc2ccccc2)c1)C1CCC(=O)NC1=O. The standard InChI is InChI=1S/C19H18N2O4/c1-21(16-10-11-17(22)20-18(16)23)19(24)13-6-5-9-15(12-13)25-14-7-3-2-4-8-14/h2-9,12,16H,10-11H2,1H3,(H,20,22,23). The molecule has 0 spiro atoms. The van der Waals surface area contributed by atoms with Gasteiger partial charge in [0.1, 0.15) is 17.5 Å². The fourth-order valence-electron chi connectivity index (χ4n) is 2.71. The van der Waals surface area contributed by atoms with E-state index in [-0.39, 0.29) is 18.2 Å². The number of piperidine rings is 1. The van der Waals surface area contributed by atoms with Gasteiger partial charge in [-0.2, -0.15) is 0 Å². The van der Waals surface area contributed by atoms with E-state index in [0.717, 1.165) is 0 Å². The Morgan fingerprint density at radius 2 is 1.80 bits per heavy atom. The van der Waals surface area contributed by atoms with E-state index in [1.807, 2.05) is 30.3 Å². The highest BCUT2D eigenvalue weighted by Crippen LogP contribution is 2.23. The first kappa shape index (κ1) is 16.7. The molecule has 1 unspecified atom stereocenters. The van der Waals surface area contributed by atoms with Crippen molar-refractivity contribution < 1.29 is 19.1 Å². The topological polar surface area (TPSA) is 75.7 Å². The summed E-state index contributed by atoms with van der Waals surface area (Å²) in [6.45, 7) is 0. The summed E-state index contributed by atoms with van der Waals surface area (Å²) in [5, 5.41) is 2.26. The molecule has 1 aliphatic heterocycles. The second-order valence-electron chi connectivity index (χ2n) is 5.83. The molecule has 1 fully saturated rings. The maximum absolute atomic E-state index is 12.7. The number of benzene rings is 2. The Morgan fingerprint density at radius 1 is 1.08 bits per heavy atom. The number of hydrogen-bond donors (Lipinski definition) is 1. The van der Waals surface area contributed by atoms with Gasteiger partial charge >= 0.3 is 0 Å². The number of rotatable bonds is 4. The molecule has 2 aromatic carbocycles. The van der Waals surface area contributed by atoms with Crippen LogP contribution in [0.2, 0.25) is 0 Å². The van der Waals surface area contributed by atoms with Gasteiger partial charge < -0.3 is 9.64 Å². The van der Waals surface area contributed by atoms with Crippen LogP contribution >= 0.6 is 0 Å². The minimum absolute atomic E-state index is 0.227. The molecule has 0 radical (unpaired) electrons. The van der Waals surface area contributed by atoms with Crippen molar-refractivity contribution in [1.82, 2.24) is 10.2 Å². The fourth-order valence-corrected chi connectivity index (χ4v) is 2.71. The normalized spacial score (nSPS) is 16.9. The van der Waals surface area contributed by atoms with Crippen LogP contribution in [-0.2, 0) is 9.59 Å². The van der Waals surface area contributed by atoms with Gasteiger partial charge in [-0.1, -0.05) is 24.3 Å². The van der Waals surface area contributed by atoms with Crippen molar-refractivity contribution in [2.45, 2.75) is 18.9 Å². The lowest BCUT2D eigenvalue weighted by atomic mass is 10.0. The summed E-state index contributed by atoms with van der Waals surface area (Å²) in [5.74, 6) is 0.163. The van der Waals surface area contributed by atoms with E-state index in [9.17, 15) is 14.4 Å². The molecule has 1 atom stereocenters. The molecule has 6 nitrogen and oxygen atoms in total. The number of carbonyl (C=O) groups excluding carboxylic acids is 3. The molecule has 0 saturated carbocycles. The van der Waals surface area contributed by atoms with Crippen molar-refractivity contribution in [1.29, 1.82) is 0 Å². The second kappa shape index (κ2) is 7.17. The van der Waals surface area contributed by atoms with Gasteiger partial charge in [0.25, 0.3) is 5.91 Å². The first-order valence-electron chi connectivity index (χ1n) is 7.98. The van der Waals surface area contributed by atoms with E-state index in [1.165, 1.54) is 4.90 Å². The molecule has 0 bridgehead atoms. The molecule has 25 heavy (non-hydrogen) atoms. The van der Waals surface area contributed by atoms with Crippen LogP contribution in [-0.4, -0.2) is 35.7 Å². The zero-order chi connectivity index (χ0) is 17.8. The minimum atomic E-state index is -0.649.